The summed E-state index contributed by atoms with van der Waals surface area (Å²) in [5, 5.41) is 0. The summed E-state index contributed by atoms with van der Waals surface area (Å²) in [5.41, 5.74) is 1.50. The lowest BCUT2D eigenvalue weighted by atomic mass is 10.1. The van der Waals surface area contributed by atoms with Gasteiger partial charge in [-0.3, -0.25) is 9.78 Å². The molecule has 1 heterocycles. The van der Waals surface area contributed by atoms with Crippen LogP contribution >= 0.6 is 15.9 Å². The lowest BCUT2D eigenvalue weighted by Crippen LogP contribution is -2.11. The Kier molecular flexibility index (Phi) is 4.65. The van der Waals surface area contributed by atoms with Gasteiger partial charge in [-0.05, 0) is 36.1 Å². The van der Waals surface area contributed by atoms with Gasteiger partial charge in [0.2, 0.25) is 0 Å². The van der Waals surface area contributed by atoms with E-state index in [4.69, 9.17) is 0 Å². The number of allylic oxidation sites excluding steroid dienone is 1. The van der Waals surface area contributed by atoms with Crippen molar-refractivity contribution in [2.45, 2.75) is 0 Å². The monoisotopic (exact) mass is 268 g/mol. The smallest absolute Gasteiger partial charge is 0.150 e. The molecule has 0 aliphatic rings. The van der Waals surface area contributed by atoms with Gasteiger partial charge in [-0.25, -0.2) is 0 Å². The molecule has 0 unspecified atom stereocenters. The van der Waals surface area contributed by atoms with Crippen LogP contribution in [-0.2, 0) is 4.79 Å². The number of nitrogens with zero attached hydrogens (tertiary/aromatic N) is 2. The summed E-state index contributed by atoms with van der Waals surface area (Å²) in [6, 6.07) is 1.88. The molecule has 0 radical (unpaired) electrons. The quantitative estimate of drug-likeness (QED) is 0.619. The zero-order chi connectivity index (χ0) is 11.3. The fourth-order valence-corrected chi connectivity index (χ4v) is 1.45. The normalized spacial score (nSPS) is 11.9. The SMILES string of the molecule is CN(C)CC=C(C=O)c1cncc(Br)c1. The maximum atomic E-state index is 10.9. The zero-order valence-electron chi connectivity index (χ0n) is 8.77. The molecule has 1 rings (SSSR count). The first kappa shape index (κ1) is 12.1. The molecule has 0 atom stereocenters. The Morgan fingerprint density at radius 3 is 2.80 bits per heavy atom. The summed E-state index contributed by atoms with van der Waals surface area (Å²) in [5.74, 6) is 0. The van der Waals surface area contributed by atoms with E-state index in [1.807, 2.05) is 31.1 Å². The lowest BCUT2D eigenvalue weighted by Gasteiger charge is -2.06. The number of carbonyl (C=O) groups is 1. The highest BCUT2D eigenvalue weighted by Crippen LogP contribution is 2.16. The second-order valence-corrected chi connectivity index (χ2v) is 4.35. The maximum absolute atomic E-state index is 10.9. The van der Waals surface area contributed by atoms with Gasteiger partial charge >= 0.3 is 0 Å². The van der Waals surface area contributed by atoms with Gasteiger partial charge in [-0.1, -0.05) is 6.08 Å². The summed E-state index contributed by atoms with van der Waals surface area (Å²) < 4.78 is 0.873. The van der Waals surface area contributed by atoms with Gasteiger partial charge in [0.05, 0.1) is 0 Å². The van der Waals surface area contributed by atoms with Crippen molar-refractivity contribution in [3.05, 3.63) is 34.6 Å². The van der Waals surface area contributed by atoms with E-state index in [9.17, 15) is 4.79 Å². The molecule has 0 saturated heterocycles. The highest BCUT2D eigenvalue weighted by atomic mass is 79.9. The molecule has 1 aromatic rings. The van der Waals surface area contributed by atoms with Crippen LogP contribution < -0.4 is 0 Å². The molecule has 1 aromatic heterocycles. The molecular formula is C11H13BrN2O. The van der Waals surface area contributed by atoms with Crippen LogP contribution in [0.25, 0.3) is 5.57 Å². The number of aldehydes is 1. The predicted octanol–water partition coefficient (Wildman–Crippen LogP) is 1.99. The van der Waals surface area contributed by atoms with Crippen LogP contribution in [0.3, 0.4) is 0 Å². The number of pyridine rings is 1. The molecule has 0 amide bonds. The molecular weight excluding hydrogens is 256 g/mol. The van der Waals surface area contributed by atoms with E-state index < -0.39 is 0 Å². The van der Waals surface area contributed by atoms with Gasteiger partial charge in [0.25, 0.3) is 0 Å². The van der Waals surface area contributed by atoms with Crippen molar-refractivity contribution in [3.63, 3.8) is 0 Å². The van der Waals surface area contributed by atoms with Crippen LogP contribution in [0.1, 0.15) is 5.56 Å². The van der Waals surface area contributed by atoms with Gasteiger partial charge < -0.3 is 4.90 Å². The summed E-state index contributed by atoms with van der Waals surface area (Å²) in [6.45, 7) is 0.737. The van der Waals surface area contributed by atoms with Crippen LogP contribution in [0.5, 0.6) is 0 Å². The molecule has 0 aliphatic carbocycles. The first-order chi connectivity index (χ1) is 7.13. The van der Waals surface area contributed by atoms with Crippen molar-refractivity contribution in [1.29, 1.82) is 0 Å². The Morgan fingerprint density at radius 2 is 2.27 bits per heavy atom. The summed E-state index contributed by atoms with van der Waals surface area (Å²) in [4.78, 5) is 16.9. The molecule has 80 valence electrons. The molecule has 0 aliphatic heterocycles. The Bertz CT molecular complexity index is 375. The van der Waals surface area contributed by atoms with Crippen molar-refractivity contribution in [3.8, 4) is 0 Å². The van der Waals surface area contributed by atoms with E-state index in [1.165, 1.54) is 0 Å². The third-order valence-corrected chi connectivity index (χ3v) is 2.28. The average Bonchev–Trinajstić information content (AvgIpc) is 2.18. The van der Waals surface area contributed by atoms with Crippen LogP contribution in [0.15, 0.2) is 29.0 Å². The fraction of sp³-hybridized carbons (Fsp3) is 0.273. The molecule has 0 bridgehead atoms. The highest BCUT2D eigenvalue weighted by Gasteiger charge is 2.01. The molecule has 0 spiro atoms. The number of aromatic nitrogens is 1. The van der Waals surface area contributed by atoms with Gasteiger partial charge in [0.1, 0.15) is 6.29 Å². The molecule has 0 fully saturated rings. The molecule has 0 saturated carbocycles. The third-order valence-electron chi connectivity index (χ3n) is 1.84. The zero-order valence-corrected chi connectivity index (χ0v) is 10.4. The van der Waals surface area contributed by atoms with Crippen molar-refractivity contribution in [2.75, 3.05) is 20.6 Å². The standard InChI is InChI=1S/C11H13BrN2O/c1-14(2)4-3-9(8-15)10-5-11(12)7-13-6-10/h3,5-8H,4H2,1-2H3. The van der Waals surface area contributed by atoms with E-state index in [1.54, 1.807) is 12.4 Å². The van der Waals surface area contributed by atoms with Gasteiger partial charge in [-0.15, -0.1) is 0 Å². The first-order valence-corrected chi connectivity index (χ1v) is 5.34. The van der Waals surface area contributed by atoms with Crippen molar-refractivity contribution in [1.82, 2.24) is 9.88 Å². The number of halogens is 1. The second-order valence-electron chi connectivity index (χ2n) is 3.43. The van der Waals surface area contributed by atoms with Crippen molar-refractivity contribution < 1.29 is 4.79 Å². The highest BCUT2D eigenvalue weighted by molar-refractivity contribution is 9.10. The summed E-state index contributed by atoms with van der Waals surface area (Å²) in [6.07, 6.45) is 6.11. The van der Waals surface area contributed by atoms with Gasteiger partial charge in [0.15, 0.2) is 0 Å². The summed E-state index contributed by atoms with van der Waals surface area (Å²) >= 11 is 3.32. The van der Waals surface area contributed by atoms with E-state index in [0.717, 1.165) is 22.9 Å². The topological polar surface area (TPSA) is 33.2 Å². The number of carbonyl (C=O) groups excluding carboxylic acids is 1. The largest absolute Gasteiger partial charge is 0.306 e. The third kappa shape index (κ3) is 3.93. The minimum Gasteiger partial charge on any atom is -0.306 e. The minimum absolute atomic E-state index is 0.664. The Labute approximate surface area is 97.9 Å². The van der Waals surface area contributed by atoms with Crippen LogP contribution in [0, 0.1) is 0 Å². The van der Waals surface area contributed by atoms with Crippen LogP contribution in [0.2, 0.25) is 0 Å². The number of likely N-dealkylation sites (N-methyl/N-ethyl adjacent to an activating group) is 1. The number of hydrogen-bond acceptors (Lipinski definition) is 3. The Balaban J connectivity index is 2.92. The fourth-order valence-electron chi connectivity index (χ4n) is 1.08. The van der Waals surface area contributed by atoms with Crippen LogP contribution in [0.4, 0.5) is 0 Å². The maximum Gasteiger partial charge on any atom is 0.150 e. The minimum atomic E-state index is 0.664. The molecule has 15 heavy (non-hydrogen) atoms. The average molecular weight is 269 g/mol. The van der Waals surface area contributed by atoms with Gasteiger partial charge in [-0.2, -0.15) is 0 Å². The van der Waals surface area contributed by atoms with Crippen molar-refractivity contribution >= 4 is 27.8 Å². The summed E-state index contributed by atoms with van der Waals surface area (Å²) in [7, 11) is 3.91. The van der Waals surface area contributed by atoms with E-state index in [2.05, 4.69) is 20.9 Å². The number of rotatable bonds is 4. The molecule has 0 N–H and O–H groups in total. The van der Waals surface area contributed by atoms with E-state index in [0.29, 0.717) is 5.57 Å². The van der Waals surface area contributed by atoms with Gasteiger partial charge in [0, 0.05) is 34.5 Å². The predicted molar refractivity (Wildman–Crippen MR) is 64.5 cm³/mol. The Morgan fingerprint density at radius 1 is 1.53 bits per heavy atom. The molecule has 4 heteroatoms. The Hall–Kier alpha value is -1.00. The van der Waals surface area contributed by atoms with E-state index >= 15 is 0 Å². The van der Waals surface area contributed by atoms with Crippen LogP contribution in [-0.4, -0.2) is 36.8 Å². The van der Waals surface area contributed by atoms with E-state index in [-0.39, 0.29) is 0 Å². The second kappa shape index (κ2) is 5.78. The lowest BCUT2D eigenvalue weighted by molar-refractivity contribution is -0.103. The van der Waals surface area contributed by atoms with Crippen molar-refractivity contribution in [2.24, 2.45) is 0 Å². The molecule has 3 nitrogen and oxygen atoms in total. The first-order valence-electron chi connectivity index (χ1n) is 4.54. The molecule has 0 aromatic carbocycles. The number of hydrogen-bond donors (Lipinski definition) is 0.